The van der Waals surface area contributed by atoms with Crippen molar-refractivity contribution in [3.8, 4) is 0 Å². The van der Waals surface area contributed by atoms with Crippen molar-refractivity contribution in [2.24, 2.45) is 5.92 Å². The maximum Gasteiger partial charge on any atom is 0.311 e. The molecule has 104 valence electrons. The van der Waals surface area contributed by atoms with Crippen LogP contribution in [0, 0.1) is 16.0 Å². The molecule has 1 aromatic rings. The smallest absolute Gasteiger partial charge is 0.311 e. The number of nitrogens with zero attached hydrogens (tertiary/aromatic N) is 2. The maximum absolute atomic E-state index is 11.0. The highest BCUT2D eigenvalue weighted by Crippen LogP contribution is 2.24. The average molecular weight is 266 g/mol. The van der Waals surface area contributed by atoms with Gasteiger partial charge in [-0.1, -0.05) is 0 Å². The molecule has 1 unspecified atom stereocenters. The molecule has 1 atom stereocenters. The molecule has 0 bridgehead atoms. The third kappa shape index (κ3) is 3.54. The fourth-order valence-corrected chi connectivity index (χ4v) is 2.08. The number of nitro groups is 1. The van der Waals surface area contributed by atoms with Gasteiger partial charge in [0.15, 0.2) is 0 Å². The molecule has 2 N–H and O–H groups in total. The maximum atomic E-state index is 11.0. The summed E-state index contributed by atoms with van der Waals surface area (Å²) in [7, 11) is 1.73. The van der Waals surface area contributed by atoms with Crippen LogP contribution in [0.3, 0.4) is 0 Å². The lowest BCUT2D eigenvalue weighted by atomic mass is 10.0. The Morgan fingerprint density at radius 3 is 3.05 bits per heavy atom. The third-order valence-corrected chi connectivity index (χ3v) is 3.14. The molecular weight excluding hydrogens is 248 g/mol. The molecule has 0 amide bonds. The summed E-state index contributed by atoms with van der Waals surface area (Å²) in [4.78, 5) is 14.7. The zero-order valence-corrected chi connectivity index (χ0v) is 10.9. The van der Waals surface area contributed by atoms with E-state index in [9.17, 15) is 10.1 Å². The van der Waals surface area contributed by atoms with Gasteiger partial charge in [-0.3, -0.25) is 10.1 Å². The monoisotopic (exact) mass is 266 g/mol. The van der Waals surface area contributed by atoms with E-state index in [-0.39, 0.29) is 5.69 Å². The first-order chi connectivity index (χ1) is 9.20. The Morgan fingerprint density at radius 1 is 1.58 bits per heavy atom. The summed E-state index contributed by atoms with van der Waals surface area (Å²) in [6.45, 7) is 2.15. The molecule has 0 radical (unpaired) electrons. The number of nitrogens with one attached hydrogen (secondary N) is 2. The minimum Gasteiger partial charge on any atom is -0.381 e. The summed E-state index contributed by atoms with van der Waals surface area (Å²) in [5, 5.41) is 16.9. The number of rotatable bonds is 5. The highest BCUT2D eigenvalue weighted by molar-refractivity contribution is 5.60. The Morgan fingerprint density at radius 2 is 2.42 bits per heavy atom. The fraction of sp³-hybridized carbons (Fsp3) is 0.583. The van der Waals surface area contributed by atoms with Gasteiger partial charge in [0.05, 0.1) is 11.5 Å². The van der Waals surface area contributed by atoms with Crippen molar-refractivity contribution in [1.82, 2.24) is 4.98 Å². The van der Waals surface area contributed by atoms with E-state index in [1.807, 2.05) is 0 Å². The molecule has 1 saturated heterocycles. The van der Waals surface area contributed by atoms with Crippen LogP contribution in [0.2, 0.25) is 0 Å². The quantitative estimate of drug-likeness (QED) is 0.624. The predicted octanol–water partition coefficient (Wildman–Crippen LogP) is 1.87. The fourth-order valence-electron chi connectivity index (χ4n) is 2.08. The van der Waals surface area contributed by atoms with Crippen LogP contribution >= 0.6 is 0 Å². The SMILES string of the molecule is CNc1ccc([N+](=O)[O-])c(NCC2CCCOC2)n1. The average Bonchev–Trinajstić information content (AvgIpc) is 2.45. The number of anilines is 2. The second kappa shape index (κ2) is 6.33. The van der Waals surface area contributed by atoms with Crippen LogP contribution in [-0.2, 0) is 4.74 Å². The number of hydrogen-bond donors (Lipinski definition) is 2. The predicted molar refractivity (Wildman–Crippen MR) is 72.5 cm³/mol. The first-order valence-electron chi connectivity index (χ1n) is 6.35. The molecule has 7 heteroatoms. The lowest BCUT2D eigenvalue weighted by molar-refractivity contribution is -0.384. The lowest BCUT2D eigenvalue weighted by Crippen LogP contribution is -2.24. The van der Waals surface area contributed by atoms with Gasteiger partial charge in [0.25, 0.3) is 0 Å². The Labute approximate surface area is 111 Å². The highest BCUT2D eigenvalue weighted by atomic mass is 16.6. The normalized spacial score (nSPS) is 18.9. The molecule has 1 aromatic heterocycles. The minimum atomic E-state index is -0.424. The van der Waals surface area contributed by atoms with Crippen molar-refractivity contribution in [1.29, 1.82) is 0 Å². The lowest BCUT2D eigenvalue weighted by Gasteiger charge is -2.22. The molecule has 0 saturated carbocycles. The van der Waals surface area contributed by atoms with Crippen molar-refractivity contribution in [3.63, 3.8) is 0 Å². The van der Waals surface area contributed by atoms with Gasteiger partial charge < -0.3 is 15.4 Å². The molecule has 0 spiro atoms. The number of pyridine rings is 1. The molecule has 19 heavy (non-hydrogen) atoms. The molecule has 2 heterocycles. The highest BCUT2D eigenvalue weighted by Gasteiger charge is 2.18. The summed E-state index contributed by atoms with van der Waals surface area (Å²) < 4.78 is 5.39. The van der Waals surface area contributed by atoms with Gasteiger partial charge in [-0.25, -0.2) is 4.98 Å². The van der Waals surface area contributed by atoms with Crippen LogP contribution in [0.15, 0.2) is 12.1 Å². The Kier molecular flexibility index (Phi) is 4.51. The first kappa shape index (κ1) is 13.5. The van der Waals surface area contributed by atoms with Gasteiger partial charge >= 0.3 is 5.69 Å². The van der Waals surface area contributed by atoms with Crippen LogP contribution in [0.4, 0.5) is 17.3 Å². The Balaban J connectivity index is 2.06. The zero-order chi connectivity index (χ0) is 13.7. The van der Waals surface area contributed by atoms with E-state index in [4.69, 9.17) is 4.74 Å². The van der Waals surface area contributed by atoms with Crippen LogP contribution in [0.5, 0.6) is 0 Å². The Hall–Kier alpha value is -1.89. The second-order valence-electron chi connectivity index (χ2n) is 4.54. The summed E-state index contributed by atoms with van der Waals surface area (Å²) in [6.07, 6.45) is 2.12. The van der Waals surface area contributed by atoms with E-state index in [2.05, 4.69) is 15.6 Å². The number of ether oxygens (including phenoxy) is 1. The van der Waals surface area contributed by atoms with Gasteiger partial charge in [-0.2, -0.15) is 0 Å². The summed E-state index contributed by atoms with van der Waals surface area (Å²) in [5.41, 5.74) is -0.00396. The van der Waals surface area contributed by atoms with Gasteiger partial charge in [0, 0.05) is 26.3 Å². The van der Waals surface area contributed by atoms with Crippen LogP contribution in [-0.4, -0.2) is 36.7 Å². The van der Waals surface area contributed by atoms with Crippen LogP contribution in [0.1, 0.15) is 12.8 Å². The summed E-state index contributed by atoms with van der Waals surface area (Å²) in [6, 6.07) is 3.05. The van der Waals surface area contributed by atoms with Gasteiger partial charge in [-0.05, 0) is 24.8 Å². The first-order valence-corrected chi connectivity index (χ1v) is 6.35. The van der Waals surface area contributed by atoms with Gasteiger partial charge in [0.2, 0.25) is 5.82 Å². The summed E-state index contributed by atoms with van der Waals surface area (Å²) in [5.74, 6) is 1.30. The molecule has 1 fully saturated rings. The van der Waals surface area contributed by atoms with E-state index in [1.165, 1.54) is 6.07 Å². The topological polar surface area (TPSA) is 89.3 Å². The number of hydrogen-bond acceptors (Lipinski definition) is 6. The molecule has 0 aromatic carbocycles. The van der Waals surface area contributed by atoms with Crippen molar-refractivity contribution in [3.05, 3.63) is 22.2 Å². The van der Waals surface area contributed by atoms with Crippen LogP contribution in [0.25, 0.3) is 0 Å². The second-order valence-corrected chi connectivity index (χ2v) is 4.54. The van der Waals surface area contributed by atoms with Gasteiger partial charge in [0.1, 0.15) is 5.82 Å². The van der Waals surface area contributed by atoms with E-state index in [0.29, 0.717) is 30.7 Å². The molecular formula is C12H18N4O3. The van der Waals surface area contributed by atoms with E-state index >= 15 is 0 Å². The van der Waals surface area contributed by atoms with E-state index in [0.717, 1.165) is 19.4 Å². The molecule has 2 rings (SSSR count). The molecule has 1 aliphatic heterocycles. The number of aromatic nitrogens is 1. The zero-order valence-electron chi connectivity index (χ0n) is 10.9. The van der Waals surface area contributed by atoms with E-state index < -0.39 is 4.92 Å². The molecule has 1 aliphatic rings. The largest absolute Gasteiger partial charge is 0.381 e. The third-order valence-electron chi connectivity index (χ3n) is 3.14. The van der Waals surface area contributed by atoms with Crippen LogP contribution < -0.4 is 10.6 Å². The van der Waals surface area contributed by atoms with Crippen molar-refractivity contribution in [2.45, 2.75) is 12.8 Å². The standard InChI is InChI=1S/C12H18N4O3/c1-13-11-5-4-10(16(17)18)12(15-11)14-7-9-3-2-6-19-8-9/h4-5,9H,2-3,6-8H2,1H3,(H2,13,14,15). The van der Waals surface area contributed by atoms with Gasteiger partial charge in [-0.15, -0.1) is 0 Å². The van der Waals surface area contributed by atoms with Crippen molar-refractivity contribution < 1.29 is 9.66 Å². The Bertz CT molecular complexity index is 447. The van der Waals surface area contributed by atoms with Crippen molar-refractivity contribution in [2.75, 3.05) is 37.4 Å². The molecule has 7 nitrogen and oxygen atoms in total. The van der Waals surface area contributed by atoms with Crippen molar-refractivity contribution >= 4 is 17.3 Å². The molecule has 0 aliphatic carbocycles. The minimum absolute atomic E-state index is 0.00396. The summed E-state index contributed by atoms with van der Waals surface area (Å²) >= 11 is 0. The van der Waals surface area contributed by atoms with E-state index in [1.54, 1.807) is 13.1 Å².